The normalized spacial score (nSPS) is 20.9. The first-order chi connectivity index (χ1) is 15.1. The number of nitrogens with zero attached hydrogens (tertiary/aromatic N) is 1. The number of hydrogen-bond acceptors (Lipinski definition) is 5. The van der Waals surface area contributed by atoms with Gasteiger partial charge in [-0.25, -0.2) is 0 Å². The van der Waals surface area contributed by atoms with E-state index in [4.69, 9.17) is 9.47 Å². The number of rotatable bonds is 7. The molecule has 2 fully saturated rings. The molecule has 6 heteroatoms. The highest BCUT2D eigenvalue weighted by Crippen LogP contribution is 2.44. The van der Waals surface area contributed by atoms with Crippen LogP contribution in [0.4, 0.5) is 0 Å². The van der Waals surface area contributed by atoms with Crippen LogP contribution in [0.1, 0.15) is 53.6 Å². The van der Waals surface area contributed by atoms with Gasteiger partial charge in [-0.2, -0.15) is 0 Å². The summed E-state index contributed by atoms with van der Waals surface area (Å²) in [5.41, 5.74) is 2.96. The number of para-hydroxylation sites is 1. The summed E-state index contributed by atoms with van der Waals surface area (Å²) in [6.45, 7) is 2.61. The number of likely N-dealkylation sites (tertiary alicyclic amines) is 1. The minimum atomic E-state index is -0.568. The molecule has 0 radical (unpaired) electrons. The number of benzene rings is 2. The number of carbonyl (C=O) groups is 1. The number of piperidine rings is 1. The Bertz CT molecular complexity index is 935. The number of aliphatic hydroxyl groups is 1. The number of aliphatic hydroxyl groups excluding tert-OH is 1. The van der Waals surface area contributed by atoms with Crippen molar-refractivity contribution in [2.45, 2.75) is 56.6 Å². The molecule has 0 bridgehead atoms. The lowest BCUT2D eigenvalue weighted by molar-refractivity contribution is -0.110. The molecule has 0 aromatic heterocycles. The predicted molar refractivity (Wildman–Crippen MR) is 117 cm³/mol. The smallest absolute Gasteiger partial charge is 0.255 e. The van der Waals surface area contributed by atoms with Crippen molar-refractivity contribution in [3.05, 3.63) is 65.2 Å². The zero-order chi connectivity index (χ0) is 21.3. The Morgan fingerprint density at radius 2 is 1.90 bits per heavy atom. The van der Waals surface area contributed by atoms with Crippen LogP contribution in [0.15, 0.2) is 48.5 Å². The standard InChI is InChI=1S/C25H30N2O4/c28-23(11-16-30-22-8-4-2-6-20(22)24(29)26-19-9-10-19)27-14-12-25(13-15-27)21-7-3-1-5-18(21)17-31-25/h1-8,19,23,28H,9-17H2,(H,26,29). The maximum Gasteiger partial charge on any atom is 0.255 e. The Balaban J connectivity index is 1.12. The van der Waals surface area contributed by atoms with Crippen LogP contribution in [0.25, 0.3) is 0 Å². The highest BCUT2D eigenvalue weighted by Gasteiger charge is 2.43. The van der Waals surface area contributed by atoms with E-state index in [0.29, 0.717) is 37.0 Å². The second-order valence-electron chi connectivity index (χ2n) is 8.84. The molecule has 2 N–H and O–H groups in total. The van der Waals surface area contributed by atoms with Gasteiger partial charge in [0.15, 0.2) is 0 Å². The molecule has 1 atom stereocenters. The molecule has 1 saturated carbocycles. The second kappa shape index (κ2) is 8.61. The molecule has 2 aromatic carbocycles. The van der Waals surface area contributed by atoms with Crippen molar-refractivity contribution < 1.29 is 19.4 Å². The summed E-state index contributed by atoms with van der Waals surface area (Å²) >= 11 is 0. The molecule has 6 nitrogen and oxygen atoms in total. The van der Waals surface area contributed by atoms with Crippen LogP contribution in [0.3, 0.4) is 0 Å². The molecular weight excluding hydrogens is 392 g/mol. The summed E-state index contributed by atoms with van der Waals surface area (Å²) in [7, 11) is 0. The molecular formula is C25H30N2O4. The number of nitrogens with one attached hydrogen (secondary N) is 1. The van der Waals surface area contributed by atoms with Crippen molar-refractivity contribution in [1.29, 1.82) is 0 Å². The minimum absolute atomic E-state index is 0.0863. The van der Waals surface area contributed by atoms with Gasteiger partial charge in [-0.05, 0) is 48.9 Å². The molecule has 1 amide bonds. The lowest BCUT2D eigenvalue weighted by atomic mass is 9.83. The average Bonchev–Trinajstić information content (AvgIpc) is 3.55. The van der Waals surface area contributed by atoms with Crippen LogP contribution in [0.2, 0.25) is 0 Å². The van der Waals surface area contributed by atoms with Gasteiger partial charge in [0, 0.05) is 25.6 Å². The quantitative estimate of drug-likeness (QED) is 0.717. The summed E-state index contributed by atoms with van der Waals surface area (Å²) in [6, 6.07) is 16.1. The molecule has 1 saturated heterocycles. The van der Waals surface area contributed by atoms with E-state index in [1.54, 1.807) is 6.07 Å². The van der Waals surface area contributed by atoms with Crippen LogP contribution in [0, 0.1) is 0 Å². The number of fused-ring (bicyclic) bond motifs is 2. The van der Waals surface area contributed by atoms with Crippen LogP contribution >= 0.6 is 0 Å². The Hall–Kier alpha value is -2.41. The van der Waals surface area contributed by atoms with Crippen LogP contribution in [-0.2, 0) is 16.9 Å². The summed E-state index contributed by atoms with van der Waals surface area (Å²) in [4.78, 5) is 14.5. The van der Waals surface area contributed by atoms with Gasteiger partial charge in [0.1, 0.15) is 12.0 Å². The minimum Gasteiger partial charge on any atom is -0.493 e. The van der Waals surface area contributed by atoms with Gasteiger partial charge in [0.2, 0.25) is 0 Å². The Kier molecular flexibility index (Phi) is 5.69. The molecule has 2 aromatic rings. The van der Waals surface area contributed by atoms with E-state index in [0.717, 1.165) is 38.8 Å². The molecule has 2 aliphatic heterocycles. The first-order valence-electron chi connectivity index (χ1n) is 11.3. The second-order valence-corrected chi connectivity index (χ2v) is 8.84. The summed E-state index contributed by atoms with van der Waals surface area (Å²) < 4.78 is 12.1. The average molecular weight is 423 g/mol. The lowest BCUT2D eigenvalue weighted by Gasteiger charge is -2.41. The maximum absolute atomic E-state index is 12.4. The van der Waals surface area contributed by atoms with Crippen molar-refractivity contribution in [1.82, 2.24) is 10.2 Å². The molecule has 2 heterocycles. The third kappa shape index (κ3) is 4.33. The number of hydrogen-bond donors (Lipinski definition) is 2. The van der Waals surface area contributed by atoms with E-state index >= 15 is 0 Å². The van der Waals surface area contributed by atoms with Gasteiger partial charge in [0.25, 0.3) is 5.91 Å². The monoisotopic (exact) mass is 422 g/mol. The number of amides is 1. The Morgan fingerprint density at radius 3 is 2.71 bits per heavy atom. The van der Waals surface area contributed by atoms with Crippen LogP contribution < -0.4 is 10.1 Å². The molecule has 1 unspecified atom stereocenters. The maximum atomic E-state index is 12.4. The first-order valence-corrected chi connectivity index (χ1v) is 11.3. The van der Waals surface area contributed by atoms with Crippen molar-refractivity contribution in [3.63, 3.8) is 0 Å². The summed E-state index contributed by atoms with van der Waals surface area (Å²) in [5, 5.41) is 13.7. The first kappa shape index (κ1) is 20.5. The number of carbonyl (C=O) groups excluding carboxylic acids is 1. The zero-order valence-corrected chi connectivity index (χ0v) is 17.8. The number of ether oxygens (including phenoxy) is 2. The van der Waals surface area contributed by atoms with Gasteiger partial charge < -0.3 is 19.9 Å². The fourth-order valence-electron chi connectivity index (χ4n) is 4.71. The van der Waals surface area contributed by atoms with Gasteiger partial charge in [-0.15, -0.1) is 0 Å². The van der Waals surface area contributed by atoms with E-state index in [2.05, 4.69) is 34.5 Å². The third-order valence-electron chi connectivity index (χ3n) is 6.72. The van der Waals surface area contributed by atoms with Crippen molar-refractivity contribution >= 4 is 5.91 Å². The third-order valence-corrected chi connectivity index (χ3v) is 6.72. The van der Waals surface area contributed by atoms with E-state index in [9.17, 15) is 9.90 Å². The molecule has 1 aliphatic carbocycles. The summed E-state index contributed by atoms with van der Waals surface area (Å²) in [5.74, 6) is 0.484. The topological polar surface area (TPSA) is 71.0 Å². The SMILES string of the molecule is O=C(NC1CC1)c1ccccc1OCCC(O)N1CCC2(CC1)OCc1ccccc12. The highest BCUT2D eigenvalue weighted by molar-refractivity contribution is 5.97. The van der Waals surface area contributed by atoms with E-state index < -0.39 is 6.23 Å². The fourth-order valence-corrected chi connectivity index (χ4v) is 4.71. The molecule has 3 aliphatic rings. The van der Waals surface area contributed by atoms with E-state index in [1.807, 2.05) is 18.2 Å². The van der Waals surface area contributed by atoms with Crippen molar-refractivity contribution in [2.75, 3.05) is 19.7 Å². The van der Waals surface area contributed by atoms with Gasteiger partial charge in [0.05, 0.1) is 24.4 Å². The molecule has 1 spiro atoms. The van der Waals surface area contributed by atoms with Crippen LogP contribution in [0.5, 0.6) is 5.75 Å². The van der Waals surface area contributed by atoms with E-state index in [-0.39, 0.29) is 11.5 Å². The predicted octanol–water partition coefficient (Wildman–Crippen LogP) is 3.19. The van der Waals surface area contributed by atoms with Gasteiger partial charge in [-0.3, -0.25) is 9.69 Å². The van der Waals surface area contributed by atoms with Gasteiger partial charge >= 0.3 is 0 Å². The molecule has 31 heavy (non-hydrogen) atoms. The van der Waals surface area contributed by atoms with Gasteiger partial charge in [-0.1, -0.05) is 36.4 Å². The lowest BCUT2D eigenvalue weighted by Crippen LogP contribution is -2.47. The van der Waals surface area contributed by atoms with Crippen molar-refractivity contribution in [3.8, 4) is 5.75 Å². The molecule has 5 rings (SSSR count). The largest absolute Gasteiger partial charge is 0.493 e. The fraction of sp³-hybridized carbons (Fsp3) is 0.480. The van der Waals surface area contributed by atoms with E-state index in [1.165, 1.54) is 11.1 Å². The zero-order valence-electron chi connectivity index (χ0n) is 17.8. The van der Waals surface area contributed by atoms with Crippen LogP contribution in [-0.4, -0.2) is 47.9 Å². The molecule has 164 valence electrons. The Labute approximate surface area is 183 Å². The highest BCUT2D eigenvalue weighted by atomic mass is 16.5. The summed E-state index contributed by atoms with van der Waals surface area (Å²) in [6.07, 6.45) is 3.78. The Morgan fingerprint density at radius 1 is 1.16 bits per heavy atom. The van der Waals surface area contributed by atoms with Crippen molar-refractivity contribution in [2.24, 2.45) is 0 Å².